The van der Waals surface area contributed by atoms with E-state index in [1.165, 1.54) is 11.8 Å². The maximum absolute atomic E-state index is 12.7. The molecule has 0 aliphatic carbocycles. The summed E-state index contributed by atoms with van der Waals surface area (Å²) in [7, 11) is 0.721. The summed E-state index contributed by atoms with van der Waals surface area (Å²) < 4.78 is 25.1. The summed E-state index contributed by atoms with van der Waals surface area (Å²) >= 11 is 1.36. The largest absolute Gasteiger partial charge is 0.315 e. The number of benzene rings is 1. The van der Waals surface area contributed by atoms with Crippen LogP contribution in [0.3, 0.4) is 0 Å². The molecule has 1 aromatic heterocycles. The van der Waals surface area contributed by atoms with E-state index in [1.807, 2.05) is 48.9 Å². The predicted octanol–water partition coefficient (Wildman–Crippen LogP) is 1.94. The van der Waals surface area contributed by atoms with Crippen LogP contribution in [-0.2, 0) is 28.1 Å². The lowest BCUT2D eigenvalue weighted by Gasteiger charge is -2.21. The summed E-state index contributed by atoms with van der Waals surface area (Å²) in [6.45, 7) is 1.85. The fourth-order valence-corrected chi connectivity index (χ4v) is 5.97. The number of aromatic nitrogens is 3. The van der Waals surface area contributed by atoms with E-state index in [0.29, 0.717) is 18.0 Å². The molecule has 2 unspecified atom stereocenters. The molecule has 2 heterocycles. The molecule has 1 aliphatic heterocycles. The Labute approximate surface area is 164 Å². The van der Waals surface area contributed by atoms with Crippen LogP contribution in [0.25, 0.3) is 0 Å². The summed E-state index contributed by atoms with van der Waals surface area (Å²) in [5, 5.41) is 8.76. The van der Waals surface area contributed by atoms with Crippen molar-refractivity contribution in [2.24, 2.45) is 13.0 Å². The zero-order valence-electron chi connectivity index (χ0n) is 15.7. The zero-order valence-corrected chi connectivity index (χ0v) is 17.3. The van der Waals surface area contributed by atoms with Crippen LogP contribution in [0.4, 0.5) is 5.69 Å². The van der Waals surface area contributed by atoms with Crippen LogP contribution in [0.2, 0.25) is 0 Å². The van der Waals surface area contributed by atoms with Gasteiger partial charge in [-0.3, -0.25) is 4.79 Å². The third-order valence-electron chi connectivity index (χ3n) is 4.83. The number of anilines is 1. The monoisotopic (exact) mass is 408 g/mol. The molecule has 1 saturated heterocycles. The van der Waals surface area contributed by atoms with E-state index in [2.05, 4.69) is 10.2 Å². The lowest BCUT2D eigenvalue weighted by Crippen LogP contribution is -2.33. The molecule has 0 N–H and O–H groups in total. The van der Waals surface area contributed by atoms with E-state index in [4.69, 9.17) is 0 Å². The van der Waals surface area contributed by atoms with Crippen molar-refractivity contribution >= 4 is 33.2 Å². The van der Waals surface area contributed by atoms with Gasteiger partial charge < -0.3 is 9.47 Å². The van der Waals surface area contributed by atoms with Crippen molar-refractivity contribution in [3.05, 3.63) is 36.2 Å². The Morgan fingerprint density at radius 2 is 2.04 bits per heavy atom. The van der Waals surface area contributed by atoms with Gasteiger partial charge in [0.05, 0.1) is 16.8 Å². The number of para-hydroxylation sites is 1. The lowest BCUT2D eigenvalue weighted by atomic mass is 10.1. The van der Waals surface area contributed by atoms with Gasteiger partial charge in [-0.05, 0) is 31.4 Å². The minimum absolute atomic E-state index is 0.0161. The number of amides is 1. The van der Waals surface area contributed by atoms with Gasteiger partial charge in [-0.15, -0.1) is 10.2 Å². The third kappa shape index (κ3) is 4.70. The van der Waals surface area contributed by atoms with Gasteiger partial charge in [0, 0.05) is 26.2 Å². The van der Waals surface area contributed by atoms with Crippen LogP contribution in [0, 0.1) is 5.92 Å². The number of sulfone groups is 1. The van der Waals surface area contributed by atoms with Crippen LogP contribution in [0.1, 0.15) is 19.2 Å². The Balaban J connectivity index is 1.64. The highest BCUT2D eigenvalue weighted by Crippen LogP contribution is 2.27. The maximum Gasteiger partial charge on any atom is 0.240 e. The van der Waals surface area contributed by atoms with Crippen LogP contribution in [-0.4, -0.2) is 52.9 Å². The number of carbonyl (C=O) groups is 1. The standard InChI is InChI=1S/C18H24N4O3S2/c1-13(17(23)21(2)15-7-5-4-6-8-15)26-18-20-19-16(22(18)3)11-14-9-10-27(24,25)12-14/h4-8,13-14H,9-12H2,1-3H3. The topological polar surface area (TPSA) is 85.2 Å². The first-order valence-corrected chi connectivity index (χ1v) is 11.5. The molecule has 1 aliphatic rings. The Morgan fingerprint density at radius 1 is 1.33 bits per heavy atom. The summed E-state index contributed by atoms with van der Waals surface area (Å²) in [6, 6.07) is 9.50. The maximum atomic E-state index is 12.7. The predicted molar refractivity (Wildman–Crippen MR) is 107 cm³/mol. The van der Waals surface area contributed by atoms with E-state index in [9.17, 15) is 13.2 Å². The Morgan fingerprint density at radius 3 is 2.67 bits per heavy atom. The second-order valence-electron chi connectivity index (χ2n) is 6.92. The Kier molecular flexibility index (Phi) is 5.90. The molecule has 27 heavy (non-hydrogen) atoms. The van der Waals surface area contributed by atoms with Gasteiger partial charge in [0.2, 0.25) is 5.91 Å². The normalized spacial score (nSPS) is 19.7. The van der Waals surface area contributed by atoms with Gasteiger partial charge in [0.1, 0.15) is 5.82 Å². The van der Waals surface area contributed by atoms with Gasteiger partial charge >= 0.3 is 0 Å². The van der Waals surface area contributed by atoms with Crippen molar-refractivity contribution in [3.8, 4) is 0 Å². The van der Waals surface area contributed by atoms with Crippen molar-refractivity contribution in [1.29, 1.82) is 0 Å². The van der Waals surface area contributed by atoms with E-state index >= 15 is 0 Å². The summed E-state index contributed by atoms with van der Waals surface area (Å²) in [5.41, 5.74) is 0.844. The molecule has 1 amide bonds. The van der Waals surface area contributed by atoms with E-state index in [-0.39, 0.29) is 28.6 Å². The van der Waals surface area contributed by atoms with Gasteiger partial charge in [-0.25, -0.2) is 8.42 Å². The van der Waals surface area contributed by atoms with E-state index in [1.54, 1.807) is 11.9 Å². The molecule has 0 spiro atoms. The van der Waals surface area contributed by atoms with Gasteiger partial charge in [-0.1, -0.05) is 30.0 Å². The molecule has 9 heteroatoms. The van der Waals surface area contributed by atoms with E-state index in [0.717, 1.165) is 11.5 Å². The smallest absolute Gasteiger partial charge is 0.240 e. The SMILES string of the molecule is CC(Sc1nnc(CC2CCS(=O)(=O)C2)n1C)C(=O)N(C)c1ccccc1. The second kappa shape index (κ2) is 8.02. The molecule has 1 aromatic carbocycles. The van der Waals surface area contributed by atoms with Crippen molar-refractivity contribution in [2.75, 3.05) is 23.5 Å². The Bertz CT molecular complexity index is 912. The quantitative estimate of drug-likeness (QED) is 0.679. The minimum atomic E-state index is -2.90. The van der Waals surface area contributed by atoms with Crippen LogP contribution in [0.15, 0.2) is 35.5 Å². The number of thioether (sulfide) groups is 1. The molecule has 7 nitrogen and oxygen atoms in total. The highest BCUT2D eigenvalue weighted by molar-refractivity contribution is 8.00. The second-order valence-corrected chi connectivity index (χ2v) is 10.5. The van der Waals surface area contributed by atoms with Crippen LogP contribution in [0.5, 0.6) is 0 Å². The number of nitrogens with zero attached hydrogens (tertiary/aromatic N) is 4. The summed E-state index contributed by atoms with van der Waals surface area (Å²) in [6.07, 6.45) is 1.27. The molecule has 0 saturated carbocycles. The Hall–Kier alpha value is -1.87. The fraction of sp³-hybridized carbons (Fsp3) is 0.500. The minimum Gasteiger partial charge on any atom is -0.315 e. The van der Waals surface area contributed by atoms with Gasteiger partial charge in [0.15, 0.2) is 15.0 Å². The number of hydrogen-bond acceptors (Lipinski definition) is 6. The van der Waals surface area contributed by atoms with Crippen LogP contribution < -0.4 is 4.90 Å². The molecule has 1 fully saturated rings. The van der Waals surface area contributed by atoms with Crippen molar-refractivity contribution in [2.45, 2.75) is 30.2 Å². The molecule has 146 valence electrons. The number of hydrogen-bond donors (Lipinski definition) is 0. The first kappa shape index (κ1) is 19.9. The van der Waals surface area contributed by atoms with Crippen molar-refractivity contribution in [3.63, 3.8) is 0 Å². The molecule has 0 radical (unpaired) electrons. The average molecular weight is 409 g/mol. The van der Waals surface area contributed by atoms with Crippen molar-refractivity contribution in [1.82, 2.24) is 14.8 Å². The first-order chi connectivity index (χ1) is 12.8. The molecular formula is C18H24N4O3S2. The van der Waals surface area contributed by atoms with Gasteiger partial charge in [-0.2, -0.15) is 0 Å². The first-order valence-electron chi connectivity index (χ1n) is 8.85. The number of carbonyl (C=O) groups excluding carboxylic acids is 1. The van der Waals surface area contributed by atoms with Crippen molar-refractivity contribution < 1.29 is 13.2 Å². The fourth-order valence-electron chi connectivity index (χ4n) is 3.18. The molecule has 3 rings (SSSR count). The third-order valence-corrected chi connectivity index (χ3v) is 7.79. The van der Waals surface area contributed by atoms with Crippen LogP contribution >= 0.6 is 11.8 Å². The molecule has 2 aromatic rings. The molecule has 0 bridgehead atoms. The lowest BCUT2D eigenvalue weighted by molar-refractivity contribution is -0.117. The molecule has 2 atom stereocenters. The van der Waals surface area contributed by atoms with Gasteiger partial charge in [0.25, 0.3) is 0 Å². The molecular weight excluding hydrogens is 384 g/mol. The summed E-state index contributed by atoms with van der Waals surface area (Å²) in [4.78, 5) is 14.3. The zero-order chi connectivity index (χ0) is 19.6. The number of rotatable bonds is 6. The highest BCUT2D eigenvalue weighted by atomic mass is 32.2. The highest BCUT2D eigenvalue weighted by Gasteiger charge is 2.30. The average Bonchev–Trinajstić information content (AvgIpc) is 3.17. The van der Waals surface area contributed by atoms with E-state index < -0.39 is 9.84 Å². The summed E-state index contributed by atoms with van der Waals surface area (Å²) in [5.74, 6) is 1.32.